The van der Waals surface area contributed by atoms with Crippen molar-refractivity contribution in [2.75, 3.05) is 18.0 Å². The van der Waals surface area contributed by atoms with Gasteiger partial charge in [-0.15, -0.1) is 0 Å². The van der Waals surface area contributed by atoms with E-state index >= 15 is 0 Å². The van der Waals surface area contributed by atoms with Crippen LogP contribution in [0.1, 0.15) is 18.5 Å². The first kappa shape index (κ1) is 18.7. The first-order valence-electron chi connectivity index (χ1n) is 9.76. The molecule has 5 rings (SSSR count). The Kier molecular flexibility index (Phi) is 4.47. The Morgan fingerprint density at radius 2 is 1.87 bits per heavy atom. The van der Waals surface area contributed by atoms with Crippen molar-refractivity contribution in [3.8, 4) is 28.1 Å². The average molecular weight is 423 g/mol. The molecule has 0 spiro atoms. The van der Waals surface area contributed by atoms with E-state index in [9.17, 15) is 9.90 Å². The lowest BCUT2D eigenvalue weighted by Gasteiger charge is -2.18. The Balaban J connectivity index is 1.64. The second kappa shape index (κ2) is 7.18. The molecule has 1 saturated heterocycles. The third-order valence-electron chi connectivity index (χ3n) is 5.61. The molecule has 0 bridgehead atoms. The summed E-state index contributed by atoms with van der Waals surface area (Å²) >= 11 is 6.52. The first-order chi connectivity index (χ1) is 14.5. The van der Waals surface area contributed by atoms with Crippen molar-refractivity contribution >= 4 is 28.2 Å². The number of rotatable bonds is 3. The number of aromatic amines is 1. The molecule has 8 heteroatoms. The number of aromatic hydroxyl groups is 1. The summed E-state index contributed by atoms with van der Waals surface area (Å²) < 4.78 is 4.70. The molecule has 0 unspecified atom stereocenters. The SMILES string of the molecule is Cc1nonc1-c1c(O)c2cc(-c3ccc(N4CCCC4)cc3)c(Cl)cc2[nH]c1=O. The van der Waals surface area contributed by atoms with Crippen LogP contribution in [0, 0.1) is 6.92 Å². The van der Waals surface area contributed by atoms with E-state index in [0.717, 1.165) is 24.2 Å². The molecule has 0 atom stereocenters. The monoisotopic (exact) mass is 422 g/mol. The van der Waals surface area contributed by atoms with E-state index in [2.05, 4.69) is 32.3 Å². The fraction of sp³-hybridized carbons (Fsp3) is 0.227. The summed E-state index contributed by atoms with van der Waals surface area (Å²) in [5, 5.41) is 19.3. The smallest absolute Gasteiger partial charge is 0.261 e. The zero-order chi connectivity index (χ0) is 20.8. The molecule has 0 aliphatic carbocycles. The molecule has 2 aromatic heterocycles. The van der Waals surface area contributed by atoms with Crippen molar-refractivity contribution in [1.29, 1.82) is 0 Å². The zero-order valence-corrected chi connectivity index (χ0v) is 17.0. The fourth-order valence-corrected chi connectivity index (χ4v) is 4.30. The van der Waals surface area contributed by atoms with Crippen LogP contribution in [0.4, 0.5) is 5.69 Å². The Bertz CT molecular complexity index is 1300. The molecule has 1 aliphatic rings. The molecular weight excluding hydrogens is 404 g/mol. The van der Waals surface area contributed by atoms with Crippen LogP contribution in [0.3, 0.4) is 0 Å². The van der Waals surface area contributed by atoms with Crippen LogP contribution in [0.25, 0.3) is 33.3 Å². The number of anilines is 1. The van der Waals surface area contributed by atoms with E-state index in [4.69, 9.17) is 16.2 Å². The third kappa shape index (κ3) is 3.02. The molecule has 0 amide bonds. The van der Waals surface area contributed by atoms with Crippen LogP contribution in [0.2, 0.25) is 5.02 Å². The maximum absolute atomic E-state index is 12.6. The highest BCUT2D eigenvalue weighted by Gasteiger charge is 2.21. The number of H-pyrrole nitrogens is 1. The summed E-state index contributed by atoms with van der Waals surface area (Å²) in [4.78, 5) is 17.7. The second-order valence-electron chi connectivity index (χ2n) is 7.49. The zero-order valence-electron chi connectivity index (χ0n) is 16.3. The van der Waals surface area contributed by atoms with Gasteiger partial charge in [0, 0.05) is 29.7 Å². The molecule has 0 saturated carbocycles. The predicted octanol–water partition coefficient (Wildman–Crippen LogP) is 4.51. The first-order valence-corrected chi connectivity index (χ1v) is 10.1. The van der Waals surface area contributed by atoms with Gasteiger partial charge >= 0.3 is 0 Å². The van der Waals surface area contributed by atoms with Gasteiger partial charge in [-0.1, -0.05) is 28.9 Å². The van der Waals surface area contributed by atoms with Crippen LogP contribution >= 0.6 is 11.6 Å². The van der Waals surface area contributed by atoms with E-state index in [1.165, 1.54) is 18.5 Å². The van der Waals surface area contributed by atoms with Crippen LogP contribution in [0.5, 0.6) is 5.75 Å². The lowest BCUT2D eigenvalue weighted by atomic mass is 10.0. The standard InChI is InChI=1S/C22H19ClN4O3/c1-12-20(26-30-25-12)19-21(28)16-10-15(17(23)11-18(16)24-22(19)29)13-4-6-14(7-5-13)27-8-2-3-9-27/h4-7,10-11H,2-3,8-9H2,1H3,(H2,24,28,29). The molecule has 30 heavy (non-hydrogen) atoms. The number of pyridine rings is 1. The highest BCUT2D eigenvalue weighted by molar-refractivity contribution is 6.34. The van der Waals surface area contributed by atoms with Crippen molar-refractivity contribution in [3.05, 3.63) is 57.5 Å². The van der Waals surface area contributed by atoms with Crippen molar-refractivity contribution in [3.63, 3.8) is 0 Å². The van der Waals surface area contributed by atoms with E-state index in [0.29, 0.717) is 21.6 Å². The second-order valence-corrected chi connectivity index (χ2v) is 7.90. The number of hydrogen-bond donors (Lipinski definition) is 2. The maximum Gasteiger partial charge on any atom is 0.261 e. The summed E-state index contributed by atoms with van der Waals surface area (Å²) in [7, 11) is 0. The summed E-state index contributed by atoms with van der Waals surface area (Å²) in [6, 6.07) is 11.7. The fourth-order valence-electron chi connectivity index (χ4n) is 4.03. The van der Waals surface area contributed by atoms with Crippen LogP contribution in [-0.2, 0) is 0 Å². The van der Waals surface area contributed by atoms with Gasteiger partial charge < -0.3 is 15.0 Å². The summed E-state index contributed by atoms with van der Waals surface area (Å²) in [6.07, 6.45) is 2.44. The normalized spacial score (nSPS) is 14.0. The molecule has 0 radical (unpaired) electrons. The molecule has 2 aromatic carbocycles. The summed E-state index contributed by atoms with van der Waals surface area (Å²) in [5.41, 5.74) is 3.49. The van der Waals surface area contributed by atoms with Crippen LogP contribution in [-0.4, -0.2) is 33.5 Å². The Labute approximate surface area is 176 Å². The van der Waals surface area contributed by atoms with Gasteiger partial charge in [0.05, 0.1) is 10.5 Å². The number of nitrogens with zero attached hydrogens (tertiary/aromatic N) is 3. The van der Waals surface area contributed by atoms with E-state index in [1.807, 2.05) is 12.1 Å². The van der Waals surface area contributed by atoms with Crippen molar-refractivity contribution in [1.82, 2.24) is 15.3 Å². The predicted molar refractivity (Wildman–Crippen MR) is 116 cm³/mol. The minimum atomic E-state index is -0.488. The maximum atomic E-state index is 12.6. The Morgan fingerprint density at radius 1 is 1.13 bits per heavy atom. The van der Waals surface area contributed by atoms with Gasteiger partial charge in [0.15, 0.2) is 0 Å². The topological polar surface area (TPSA) is 95.2 Å². The molecule has 152 valence electrons. The van der Waals surface area contributed by atoms with Gasteiger partial charge in [-0.25, -0.2) is 4.63 Å². The third-order valence-corrected chi connectivity index (χ3v) is 5.93. The molecule has 4 aromatic rings. The molecule has 1 fully saturated rings. The molecule has 1 aliphatic heterocycles. The number of aryl methyl sites for hydroxylation is 1. The van der Waals surface area contributed by atoms with Crippen molar-refractivity contribution in [2.45, 2.75) is 19.8 Å². The van der Waals surface area contributed by atoms with Crippen molar-refractivity contribution in [2.24, 2.45) is 0 Å². The lowest BCUT2D eigenvalue weighted by molar-refractivity contribution is 0.305. The average Bonchev–Trinajstić information content (AvgIpc) is 3.40. The van der Waals surface area contributed by atoms with E-state index < -0.39 is 5.56 Å². The summed E-state index contributed by atoms with van der Waals surface area (Å²) in [6.45, 7) is 3.82. The lowest BCUT2D eigenvalue weighted by Crippen LogP contribution is -2.17. The Hall–Kier alpha value is -3.32. The van der Waals surface area contributed by atoms with E-state index in [-0.39, 0.29) is 17.0 Å². The van der Waals surface area contributed by atoms with Gasteiger partial charge in [0.2, 0.25) is 0 Å². The van der Waals surface area contributed by atoms with Gasteiger partial charge in [0.25, 0.3) is 5.56 Å². The highest BCUT2D eigenvalue weighted by Crippen LogP contribution is 2.38. The number of halogens is 1. The Morgan fingerprint density at radius 3 is 2.53 bits per heavy atom. The van der Waals surface area contributed by atoms with Gasteiger partial charge in [-0.05, 0) is 54.8 Å². The van der Waals surface area contributed by atoms with Gasteiger partial charge in [-0.3, -0.25) is 4.79 Å². The molecular formula is C22H19ClN4O3. The number of benzene rings is 2. The molecule has 2 N–H and O–H groups in total. The molecule has 3 heterocycles. The van der Waals surface area contributed by atoms with E-state index in [1.54, 1.807) is 19.1 Å². The van der Waals surface area contributed by atoms with Crippen LogP contribution in [0.15, 0.2) is 45.8 Å². The largest absolute Gasteiger partial charge is 0.506 e. The number of hydrogen-bond acceptors (Lipinski definition) is 6. The molecule has 7 nitrogen and oxygen atoms in total. The quantitative estimate of drug-likeness (QED) is 0.504. The van der Waals surface area contributed by atoms with Gasteiger partial charge in [-0.2, -0.15) is 0 Å². The number of nitrogens with one attached hydrogen (secondary N) is 1. The minimum Gasteiger partial charge on any atom is -0.506 e. The number of fused-ring (bicyclic) bond motifs is 1. The minimum absolute atomic E-state index is 0.0268. The van der Waals surface area contributed by atoms with Crippen LogP contribution < -0.4 is 10.5 Å². The highest BCUT2D eigenvalue weighted by atomic mass is 35.5. The summed E-state index contributed by atoms with van der Waals surface area (Å²) in [5.74, 6) is -0.181. The van der Waals surface area contributed by atoms with Gasteiger partial charge in [0.1, 0.15) is 22.7 Å². The van der Waals surface area contributed by atoms with Crippen molar-refractivity contribution < 1.29 is 9.74 Å². The number of aromatic nitrogens is 3.